The number of anilines is 1. The summed E-state index contributed by atoms with van der Waals surface area (Å²) in [7, 11) is 0. The number of carbonyl (C=O) groups is 3. The molecule has 2 heterocycles. The van der Waals surface area contributed by atoms with Crippen molar-refractivity contribution in [2.24, 2.45) is 0 Å². The molecule has 2 aromatic carbocycles. The highest BCUT2D eigenvalue weighted by molar-refractivity contribution is 6.39. The number of hydrogen-bond acceptors (Lipinski definition) is 3. The lowest BCUT2D eigenvalue weighted by molar-refractivity contribution is -0.122. The molecule has 0 aliphatic carbocycles. The van der Waals surface area contributed by atoms with Crippen LogP contribution in [0, 0.1) is 12.3 Å². The fourth-order valence-corrected chi connectivity index (χ4v) is 3.38. The summed E-state index contributed by atoms with van der Waals surface area (Å²) >= 11 is 5.88. The summed E-state index contributed by atoms with van der Waals surface area (Å²) in [6.45, 7) is 0.346. The van der Waals surface area contributed by atoms with Gasteiger partial charge >= 0.3 is 6.03 Å². The van der Waals surface area contributed by atoms with Crippen LogP contribution in [0.3, 0.4) is 0 Å². The smallest absolute Gasteiger partial charge is 0.335 e. The first kappa shape index (κ1) is 18.5. The van der Waals surface area contributed by atoms with E-state index < -0.39 is 17.8 Å². The Morgan fingerprint density at radius 3 is 2.52 bits per heavy atom. The average Bonchev–Trinajstić information content (AvgIpc) is 3.04. The molecular weight excluding hydrogens is 390 g/mol. The van der Waals surface area contributed by atoms with E-state index in [1.807, 2.05) is 28.8 Å². The van der Waals surface area contributed by atoms with Crippen molar-refractivity contribution in [3.05, 3.63) is 70.9 Å². The molecule has 1 aliphatic heterocycles. The molecule has 3 aromatic rings. The number of nitrogens with one attached hydrogen (secondary N) is 1. The third-order valence-electron chi connectivity index (χ3n) is 4.57. The zero-order chi connectivity index (χ0) is 20.5. The number of barbiturate groups is 1. The maximum Gasteiger partial charge on any atom is 0.335 e. The Morgan fingerprint density at radius 2 is 1.79 bits per heavy atom. The predicted octanol–water partition coefficient (Wildman–Crippen LogP) is 3.59. The van der Waals surface area contributed by atoms with Crippen molar-refractivity contribution in [1.82, 2.24) is 9.88 Å². The van der Waals surface area contributed by atoms with E-state index in [9.17, 15) is 14.4 Å². The van der Waals surface area contributed by atoms with Gasteiger partial charge in [0.15, 0.2) is 0 Å². The van der Waals surface area contributed by atoms with E-state index >= 15 is 0 Å². The van der Waals surface area contributed by atoms with E-state index in [-0.39, 0.29) is 5.57 Å². The largest absolute Gasteiger partial charge is 0.335 e. The van der Waals surface area contributed by atoms with Crippen LogP contribution in [0.25, 0.3) is 17.0 Å². The van der Waals surface area contributed by atoms with Crippen LogP contribution in [0.5, 0.6) is 0 Å². The number of halogens is 1. The number of hydrogen-bond donors (Lipinski definition) is 1. The van der Waals surface area contributed by atoms with Crippen molar-refractivity contribution in [2.75, 3.05) is 4.90 Å². The van der Waals surface area contributed by atoms with Crippen LogP contribution in [-0.2, 0) is 16.1 Å². The van der Waals surface area contributed by atoms with Crippen LogP contribution in [-0.4, -0.2) is 22.4 Å². The van der Waals surface area contributed by atoms with Crippen LogP contribution in [0.1, 0.15) is 5.56 Å². The summed E-state index contributed by atoms with van der Waals surface area (Å²) in [4.78, 5) is 38.6. The van der Waals surface area contributed by atoms with Crippen molar-refractivity contribution in [3.8, 4) is 12.3 Å². The lowest BCUT2D eigenvalue weighted by Crippen LogP contribution is -2.54. The minimum atomic E-state index is -0.811. The van der Waals surface area contributed by atoms with E-state index in [0.29, 0.717) is 22.8 Å². The van der Waals surface area contributed by atoms with E-state index in [1.54, 1.807) is 18.3 Å². The van der Waals surface area contributed by atoms with E-state index in [1.165, 1.54) is 18.2 Å². The fourth-order valence-electron chi connectivity index (χ4n) is 3.26. The van der Waals surface area contributed by atoms with Crippen molar-refractivity contribution >= 4 is 52.1 Å². The number of benzene rings is 2. The normalized spacial score (nSPS) is 15.7. The molecule has 7 heteroatoms. The van der Waals surface area contributed by atoms with Gasteiger partial charge in [-0.1, -0.05) is 35.7 Å². The topological polar surface area (TPSA) is 71.4 Å². The Balaban J connectivity index is 1.81. The van der Waals surface area contributed by atoms with Gasteiger partial charge in [-0.3, -0.25) is 14.9 Å². The molecule has 0 bridgehead atoms. The SMILES string of the molecule is C#CCn1cc(C=C2C(=O)NC(=O)N(c3ccc(Cl)cc3)C2=O)c2ccccc21. The highest BCUT2D eigenvalue weighted by Gasteiger charge is 2.36. The number of para-hydroxylation sites is 1. The summed E-state index contributed by atoms with van der Waals surface area (Å²) in [6.07, 6.45) is 8.69. The Bertz CT molecular complexity index is 1230. The number of rotatable bonds is 3. The number of amides is 4. The zero-order valence-corrected chi connectivity index (χ0v) is 15.8. The first-order valence-corrected chi connectivity index (χ1v) is 9.06. The number of terminal acetylenes is 1. The fraction of sp³-hybridized carbons (Fsp3) is 0.0455. The molecule has 4 rings (SSSR count). The summed E-state index contributed by atoms with van der Waals surface area (Å²) in [5.41, 5.74) is 1.69. The number of carbonyl (C=O) groups excluding carboxylic acids is 3. The van der Waals surface area contributed by atoms with Crippen LogP contribution in [0.2, 0.25) is 5.02 Å². The first-order chi connectivity index (χ1) is 14.0. The van der Waals surface area contributed by atoms with Crippen molar-refractivity contribution in [1.29, 1.82) is 0 Å². The number of urea groups is 1. The zero-order valence-electron chi connectivity index (χ0n) is 15.1. The highest BCUT2D eigenvalue weighted by atomic mass is 35.5. The Kier molecular flexibility index (Phi) is 4.67. The van der Waals surface area contributed by atoms with Gasteiger partial charge in [0, 0.05) is 27.7 Å². The van der Waals surface area contributed by atoms with E-state index in [2.05, 4.69) is 11.2 Å². The minimum Gasteiger partial charge on any atom is -0.335 e. The molecule has 142 valence electrons. The second kappa shape index (κ2) is 7.30. The molecule has 0 unspecified atom stereocenters. The third kappa shape index (κ3) is 3.28. The van der Waals surface area contributed by atoms with Gasteiger partial charge in [-0.25, -0.2) is 9.69 Å². The first-order valence-electron chi connectivity index (χ1n) is 8.68. The van der Waals surface area contributed by atoms with E-state index in [0.717, 1.165) is 15.8 Å². The molecule has 1 aromatic heterocycles. The quantitative estimate of drug-likeness (QED) is 0.412. The van der Waals surface area contributed by atoms with Crippen molar-refractivity contribution < 1.29 is 14.4 Å². The van der Waals surface area contributed by atoms with Gasteiger partial charge in [-0.15, -0.1) is 6.42 Å². The second-order valence-electron chi connectivity index (χ2n) is 6.37. The highest BCUT2D eigenvalue weighted by Crippen LogP contribution is 2.27. The number of fused-ring (bicyclic) bond motifs is 1. The van der Waals surface area contributed by atoms with Crippen molar-refractivity contribution in [2.45, 2.75) is 6.54 Å². The number of nitrogens with zero attached hydrogens (tertiary/aromatic N) is 2. The van der Waals surface area contributed by atoms with Gasteiger partial charge in [0.25, 0.3) is 11.8 Å². The summed E-state index contributed by atoms with van der Waals surface area (Å²) < 4.78 is 1.86. The molecule has 29 heavy (non-hydrogen) atoms. The number of aromatic nitrogens is 1. The lowest BCUT2D eigenvalue weighted by Gasteiger charge is -2.26. The molecule has 0 radical (unpaired) electrons. The Hall–Kier alpha value is -3.82. The number of imide groups is 2. The van der Waals surface area contributed by atoms with Gasteiger partial charge in [0.1, 0.15) is 5.57 Å². The van der Waals surface area contributed by atoms with Gasteiger partial charge in [-0.2, -0.15) is 0 Å². The molecule has 1 N–H and O–H groups in total. The molecule has 4 amide bonds. The van der Waals surface area contributed by atoms with Gasteiger partial charge < -0.3 is 4.57 Å². The molecular formula is C22H14ClN3O3. The molecule has 1 saturated heterocycles. The van der Waals surface area contributed by atoms with Gasteiger partial charge in [0.05, 0.1) is 12.2 Å². The van der Waals surface area contributed by atoms with Crippen LogP contribution < -0.4 is 10.2 Å². The molecule has 1 fully saturated rings. The van der Waals surface area contributed by atoms with Gasteiger partial charge in [0.2, 0.25) is 0 Å². The summed E-state index contributed by atoms with van der Waals surface area (Å²) in [5.74, 6) is 1.12. The average molecular weight is 404 g/mol. The molecule has 0 atom stereocenters. The van der Waals surface area contributed by atoms with Gasteiger partial charge in [-0.05, 0) is 36.4 Å². The van der Waals surface area contributed by atoms with E-state index in [4.69, 9.17) is 18.0 Å². The second-order valence-corrected chi connectivity index (χ2v) is 6.80. The third-order valence-corrected chi connectivity index (χ3v) is 4.82. The minimum absolute atomic E-state index is 0.150. The monoisotopic (exact) mass is 403 g/mol. The van der Waals surface area contributed by atoms with Crippen molar-refractivity contribution in [3.63, 3.8) is 0 Å². The standard InChI is InChI=1S/C22H14ClN3O3/c1-2-11-25-13-14(17-5-3-4-6-19(17)25)12-18-20(27)24-22(29)26(21(18)28)16-9-7-15(23)8-10-16/h1,3-10,12-13H,11H2,(H,24,27,29). The Labute approximate surface area is 171 Å². The van der Waals surface area contributed by atoms with Crippen LogP contribution in [0.15, 0.2) is 60.3 Å². The predicted molar refractivity (Wildman–Crippen MR) is 111 cm³/mol. The Morgan fingerprint density at radius 1 is 1.07 bits per heavy atom. The lowest BCUT2D eigenvalue weighted by atomic mass is 10.1. The molecule has 0 saturated carbocycles. The van der Waals surface area contributed by atoms with Crippen LogP contribution >= 0.6 is 11.6 Å². The maximum atomic E-state index is 13.0. The summed E-state index contributed by atoms with van der Waals surface area (Å²) in [6, 6.07) is 12.9. The summed E-state index contributed by atoms with van der Waals surface area (Å²) in [5, 5.41) is 3.51. The molecule has 1 aliphatic rings. The molecule has 6 nitrogen and oxygen atoms in total. The molecule has 0 spiro atoms. The maximum absolute atomic E-state index is 13.0. The van der Waals surface area contributed by atoms with Crippen LogP contribution in [0.4, 0.5) is 10.5 Å².